The molecule has 4 heteroatoms. The van der Waals surface area contributed by atoms with Gasteiger partial charge < -0.3 is 10.1 Å². The zero-order valence-electron chi connectivity index (χ0n) is 13.9. The lowest BCUT2D eigenvalue weighted by Gasteiger charge is -2.14. The molecule has 3 aromatic carbocycles. The van der Waals surface area contributed by atoms with Gasteiger partial charge in [0.1, 0.15) is 12.4 Å². The number of anilines is 1. The molecule has 0 atom stereocenters. The molecule has 3 rings (SSSR count). The molecule has 0 amide bonds. The number of halogens is 2. The number of rotatable bonds is 6. The molecular weight excluding hydrogens is 353 g/mol. The molecule has 25 heavy (non-hydrogen) atoms. The van der Waals surface area contributed by atoms with Gasteiger partial charge in [-0.05, 0) is 48.4 Å². The van der Waals surface area contributed by atoms with Crippen LogP contribution < -0.4 is 10.1 Å². The summed E-state index contributed by atoms with van der Waals surface area (Å²) in [4.78, 5) is 0. The third kappa shape index (κ3) is 4.91. The van der Waals surface area contributed by atoms with Gasteiger partial charge in [-0.25, -0.2) is 0 Å². The standard InChI is InChI=1S/C21H19Cl2NO/c1-15-6-9-19(23)12-20(15)24-13-17-4-2-3-5-21(17)25-14-16-7-10-18(22)11-8-16/h2-12,24H,13-14H2,1H3. The van der Waals surface area contributed by atoms with E-state index in [1.165, 1.54) is 0 Å². The second-order valence-corrected chi connectivity index (χ2v) is 6.71. The van der Waals surface area contributed by atoms with Crippen LogP contribution in [-0.4, -0.2) is 0 Å². The highest BCUT2D eigenvalue weighted by molar-refractivity contribution is 6.31. The third-order valence-electron chi connectivity index (χ3n) is 3.95. The van der Waals surface area contributed by atoms with Crippen molar-refractivity contribution >= 4 is 28.9 Å². The van der Waals surface area contributed by atoms with Gasteiger partial charge in [0, 0.05) is 27.8 Å². The normalized spacial score (nSPS) is 10.5. The van der Waals surface area contributed by atoms with Crippen LogP contribution in [0.15, 0.2) is 66.7 Å². The second-order valence-electron chi connectivity index (χ2n) is 5.84. The van der Waals surface area contributed by atoms with Crippen molar-refractivity contribution in [3.8, 4) is 5.75 Å². The Morgan fingerprint density at radius 3 is 2.40 bits per heavy atom. The minimum atomic E-state index is 0.504. The van der Waals surface area contributed by atoms with E-state index in [9.17, 15) is 0 Å². The Morgan fingerprint density at radius 2 is 1.60 bits per heavy atom. The molecule has 0 heterocycles. The van der Waals surface area contributed by atoms with Gasteiger partial charge in [0.05, 0.1) is 0 Å². The van der Waals surface area contributed by atoms with E-state index in [0.717, 1.165) is 38.2 Å². The highest BCUT2D eigenvalue weighted by Crippen LogP contribution is 2.24. The highest BCUT2D eigenvalue weighted by atomic mass is 35.5. The Bertz CT molecular complexity index is 847. The van der Waals surface area contributed by atoms with E-state index in [1.54, 1.807) is 0 Å². The van der Waals surface area contributed by atoms with Crippen molar-refractivity contribution in [1.29, 1.82) is 0 Å². The zero-order valence-corrected chi connectivity index (χ0v) is 15.4. The summed E-state index contributed by atoms with van der Waals surface area (Å²) < 4.78 is 6.00. The van der Waals surface area contributed by atoms with Crippen molar-refractivity contribution in [2.75, 3.05) is 5.32 Å². The molecule has 3 aromatic rings. The first-order valence-electron chi connectivity index (χ1n) is 8.07. The summed E-state index contributed by atoms with van der Waals surface area (Å²) in [5.41, 5.74) is 4.36. The molecule has 0 aromatic heterocycles. The van der Waals surface area contributed by atoms with Crippen LogP contribution >= 0.6 is 23.2 Å². The minimum absolute atomic E-state index is 0.504. The van der Waals surface area contributed by atoms with Crippen LogP contribution in [0.25, 0.3) is 0 Å². The van der Waals surface area contributed by atoms with E-state index in [4.69, 9.17) is 27.9 Å². The number of ether oxygens (including phenoxy) is 1. The fourth-order valence-electron chi connectivity index (χ4n) is 2.51. The number of hydrogen-bond donors (Lipinski definition) is 1. The molecule has 0 spiro atoms. The molecule has 0 saturated heterocycles. The molecule has 0 radical (unpaired) electrons. The third-order valence-corrected chi connectivity index (χ3v) is 4.44. The number of para-hydroxylation sites is 1. The van der Waals surface area contributed by atoms with Gasteiger partial charge in [0.25, 0.3) is 0 Å². The molecule has 0 aliphatic carbocycles. The van der Waals surface area contributed by atoms with Crippen molar-refractivity contribution in [3.63, 3.8) is 0 Å². The molecule has 0 aliphatic heterocycles. The van der Waals surface area contributed by atoms with Crippen LogP contribution in [0.4, 0.5) is 5.69 Å². The molecule has 2 nitrogen and oxygen atoms in total. The lowest BCUT2D eigenvalue weighted by molar-refractivity contribution is 0.303. The smallest absolute Gasteiger partial charge is 0.124 e. The number of benzene rings is 3. The fourth-order valence-corrected chi connectivity index (χ4v) is 2.81. The van der Waals surface area contributed by atoms with Gasteiger partial charge in [-0.15, -0.1) is 0 Å². The van der Waals surface area contributed by atoms with Gasteiger partial charge in [-0.2, -0.15) is 0 Å². The first-order valence-corrected chi connectivity index (χ1v) is 8.82. The van der Waals surface area contributed by atoms with Crippen molar-refractivity contribution in [2.45, 2.75) is 20.1 Å². The molecule has 1 N–H and O–H groups in total. The largest absolute Gasteiger partial charge is 0.489 e. The van der Waals surface area contributed by atoms with E-state index >= 15 is 0 Å². The molecule has 0 fully saturated rings. The summed E-state index contributed by atoms with van der Waals surface area (Å²) in [6.07, 6.45) is 0. The maximum atomic E-state index is 6.08. The Balaban J connectivity index is 1.68. The summed E-state index contributed by atoms with van der Waals surface area (Å²) in [6, 6.07) is 21.6. The van der Waals surface area contributed by atoms with E-state index in [1.807, 2.05) is 60.7 Å². The van der Waals surface area contributed by atoms with E-state index in [0.29, 0.717) is 13.2 Å². The van der Waals surface area contributed by atoms with Gasteiger partial charge in [0.2, 0.25) is 0 Å². The Morgan fingerprint density at radius 1 is 0.880 bits per heavy atom. The van der Waals surface area contributed by atoms with Crippen LogP contribution in [0.3, 0.4) is 0 Å². The van der Waals surface area contributed by atoms with E-state index < -0.39 is 0 Å². The lowest BCUT2D eigenvalue weighted by atomic mass is 10.1. The van der Waals surface area contributed by atoms with Crippen LogP contribution in [0.1, 0.15) is 16.7 Å². The van der Waals surface area contributed by atoms with Gasteiger partial charge >= 0.3 is 0 Å². The first kappa shape index (κ1) is 17.7. The van der Waals surface area contributed by atoms with Gasteiger partial charge in [-0.1, -0.05) is 59.6 Å². The molecule has 128 valence electrons. The molecule has 0 aliphatic rings. The van der Waals surface area contributed by atoms with Crippen LogP contribution in [-0.2, 0) is 13.2 Å². The molecule has 0 bridgehead atoms. The topological polar surface area (TPSA) is 21.3 Å². The monoisotopic (exact) mass is 371 g/mol. The molecule has 0 unspecified atom stereocenters. The van der Waals surface area contributed by atoms with Crippen molar-refractivity contribution in [2.24, 2.45) is 0 Å². The fraction of sp³-hybridized carbons (Fsp3) is 0.143. The Labute approximate surface area is 158 Å². The maximum Gasteiger partial charge on any atom is 0.124 e. The van der Waals surface area contributed by atoms with Gasteiger partial charge in [0.15, 0.2) is 0 Å². The predicted molar refractivity (Wildman–Crippen MR) is 106 cm³/mol. The van der Waals surface area contributed by atoms with Crippen LogP contribution in [0.5, 0.6) is 5.75 Å². The number of aryl methyl sites for hydroxylation is 1. The SMILES string of the molecule is Cc1ccc(Cl)cc1NCc1ccccc1OCc1ccc(Cl)cc1. The average molecular weight is 372 g/mol. The highest BCUT2D eigenvalue weighted by Gasteiger charge is 2.05. The number of hydrogen-bond acceptors (Lipinski definition) is 2. The Hall–Kier alpha value is -2.16. The Kier molecular flexibility index (Phi) is 5.85. The molecule has 0 saturated carbocycles. The molecular formula is C21H19Cl2NO. The first-order chi connectivity index (χ1) is 12.1. The summed E-state index contributed by atoms with van der Waals surface area (Å²) in [5, 5.41) is 4.88. The van der Waals surface area contributed by atoms with E-state index in [2.05, 4.69) is 18.3 Å². The zero-order chi connectivity index (χ0) is 17.6. The second kappa shape index (κ2) is 8.28. The minimum Gasteiger partial charge on any atom is -0.489 e. The van der Waals surface area contributed by atoms with Crippen LogP contribution in [0, 0.1) is 6.92 Å². The maximum absolute atomic E-state index is 6.08. The van der Waals surface area contributed by atoms with Crippen LogP contribution in [0.2, 0.25) is 10.0 Å². The summed E-state index contributed by atoms with van der Waals surface area (Å²) in [7, 11) is 0. The lowest BCUT2D eigenvalue weighted by Crippen LogP contribution is -2.04. The average Bonchev–Trinajstić information content (AvgIpc) is 2.63. The van der Waals surface area contributed by atoms with E-state index in [-0.39, 0.29) is 0 Å². The van der Waals surface area contributed by atoms with Crippen molar-refractivity contribution in [3.05, 3.63) is 93.5 Å². The predicted octanol–water partition coefficient (Wildman–Crippen LogP) is 6.49. The number of nitrogens with one attached hydrogen (secondary N) is 1. The summed E-state index contributed by atoms with van der Waals surface area (Å²) >= 11 is 12.0. The van der Waals surface area contributed by atoms with Crippen molar-refractivity contribution < 1.29 is 4.74 Å². The summed E-state index contributed by atoms with van der Waals surface area (Å²) in [6.45, 7) is 3.23. The summed E-state index contributed by atoms with van der Waals surface area (Å²) in [5.74, 6) is 0.865. The quantitative estimate of drug-likeness (QED) is 0.534. The van der Waals surface area contributed by atoms with Gasteiger partial charge in [-0.3, -0.25) is 0 Å². The van der Waals surface area contributed by atoms with Crippen molar-refractivity contribution in [1.82, 2.24) is 0 Å².